The molecule has 5 nitrogen and oxygen atoms in total. The van der Waals surface area contributed by atoms with Crippen molar-refractivity contribution < 1.29 is 19.4 Å². The zero-order chi connectivity index (χ0) is 19.1. The van der Waals surface area contributed by atoms with Crippen molar-refractivity contribution in [3.8, 4) is 5.75 Å². The van der Waals surface area contributed by atoms with Gasteiger partial charge in [-0.05, 0) is 30.5 Å². The van der Waals surface area contributed by atoms with Crippen LogP contribution in [-0.4, -0.2) is 35.0 Å². The minimum Gasteiger partial charge on any atom is -0.483 e. The fourth-order valence-corrected chi connectivity index (χ4v) is 2.72. The van der Waals surface area contributed by atoms with Crippen LogP contribution >= 0.6 is 0 Å². The number of amides is 1. The summed E-state index contributed by atoms with van der Waals surface area (Å²) in [6.07, 6.45) is 0. The van der Waals surface area contributed by atoms with Crippen LogP contribution < -0.4 is 4.74 Å². The maximum Gasteiger partial charge on any atom is 0.308 e. The predicted molar refractivity (Wildman–Crippen MR) is 100 cm³/mol. The van der Waals surface area contributed by atoms with E-state index in [-0.39, 0.29) is 19.1 Å². The largest absolute Gasteiger partial charge is 0.483 e. The minimum atomic E-state index is -0.925. The third-order valence-electron chi connectivity index (χ3n) is 4.23. The first-order valence-corrected chi connectivity index (χ1v) is 8.62. The van der Waals surface area contributed by atoms with Gasteiger partial charge >= 0.3 is 5.97 Å². The van der Waals surface area contributed by atoms with E-state index in [0.717, 1.165) is 16.7 Å². The molecule has 1 amide bonds. The molecular formula is C21H25NO4. The van der Waals surface area contributed by atoms with Crippen molar-refractivity contribution in [1.82, 2.24) is 4.90 Å². The van der Waals surface area contributed by atoms with Crippen molar-refractivity contribution in [1.29, 1.82) is 0 Å². The monoisotopic (exact) mass is 355 g/mol. The highest BCUT2D eigenvalue weighted by Gasteiger charge is 2.21. The molecule has 0 bridgehead atoms. The number of hydrogen-bond donors (Lipinski definition) is 1. The number of hydrogen-bond acceptors (Lipinski definition) is 3. The SMILES string of the molecule is Cc1cccc(C)c1OCC(=O)N(Cc1ccccc1)C[C@H](C)C(=O)O. The molecule has 0 heterocycles. The molecule has 0 saturated heterocycles. The molecule has 0 aliphatic rings. The van der Waals surface area contributed by atoms with Crippen LogP contribution in [0.3, 0.4) is 0 Å². The van der Waals surface area contributed by atoms with Crippen molar-refractivity contribution in [2.45, 2.75) is 27.3 Å². The number of benzene rings is 2. The van der Waals surface area contributed by atoms with Crippen molar-refractivity contribution in [3.05, 3.63) is 65.2 Å². The Morgan fingerprint density at radius 2 is 1.65 bits per heavy atom. The molecule has 0 saturated carbocycles. The van der Waals surface area contributed by atoms with Crippen LogP contribution in [0.2, 0.25) is 0 Å². The number of carboxylic acid groups (broad SMARTS) is 1. The van der Waals surface area contributed by atoms with Gasteiger partial charge in [-0.3, -0.25) is 9.59 Å². The summed E-state index contributed by atoms with van der Waals surface area (Å²) < 4.78 is 5.75. The molecule has 0 aliphatic carbocycles. The van der Waals surface area contributed by atoms with Crippen LogP contribution in [0.5, 0.6) is 5.75 Å². The normalized spacial score (nSPS) is 11.7. The Kier molecular flexibility index (Phi) is 6.78. The second-order valence-electron chi connectivity index (χ2n) is 6.51. The molecule has 1 atom stereocenters. The number of rotatable bonds is 8. The maximum absolute atomic E-state index is 12.7. The van der Waals surface area contributed by atoms with Gasteiger partial charge < -0.3 is 14.7 Å². The van der Waals surface area contributed by atoms with Gasteiger partial charge in [0, 0.05) is 13.1 Å². The highest BCUT2D eigenvalue weighted by Crippen LogP contribution is 2.22. The molecule has 0 aliphatic heterocycles. The van der Waals surface area contributed by atoms with Crippen LogP contribution in [0, 0.1) is 19.8 Å². The molecule has 0 unspecified atom stereocenters. The van der Waals surface area contributed by atoms with E-state index in [1.165, 1.54) is 0 Å². The third-order valence-corrected chi connectivity index (χ3v) is 4.23. The lowest BCUT2D eigenvalue weighted by molar-refractivity contribution is -0.143. The summed E-state index contributed by atoms with van der Waals surface area (Å²) in [6.45, 7) is 5.83. The fourth-order valence-electron chi connectivity index (χ4n) is 2.72. The van der Waals surface area contributed by atoms with E-state index >= 15 is 0 Å². The molecule has 2 aromatic carbocycles. The van der Waals surface area contributed by atoms with Crippen molar-refractivity contribution in [2.75, 3.05) is 13.2 Å². The standard InChI is InChI=1S/C21H25NO4/c1-15-8-7-9-16(2)20(15)26-14-19(23)22(12-17(3)21(24)25)13-18-10-5-4-6-11-18/h4-11,17H,12-14H2,1-3H3,(H,24,25)/t17-/m0/s1. The molecule has 26 heavy (non-hydrogen) atoms. The van der Waals surface area contributed by atoms with Gasteiger partial charge in [0.15, 0.2) is 6.61 Å². The van der Waals surface area contributed by atoms with E-state index in [1.807, 2.05) is 62.4 Å². The fraction of sp³-hybridized carbons (Fsp3) is 0.333. The van der Waals surface area contributed by atoms with Gasteiger partial charge in [0.25, 0.3) is 5.91 Å². The van der Waals surface area contributed by atoms with Gasteiger partial charge in [-0.25, -0.2) is 0 Å². The van der Waals surface area contributed by atoms with Crippen LogP contribution in [0.25, 0.3) is 0 Å². The molecule has 0 fully saturated rings. The Balaban J connectivity index is 2.10. The highest BCUT2D eigenvalue weighted by atomic mass is 16.5. The average Bonchev–Trinajstić information content (AvgIpc) is 2.61. The predicted octanol–water partition coefficient (Wildman–Crippen LogP) is 3.43. The first-order chi connectivity index (χ1) is 12.4. The molecule has 138 valence electrons. The van der Waals surface area contributed by atoms with Gasteiger partial charge in [0.1, 0.15) is 5.75 Å². The van der Waals surface area contributed by atoms with E-state index in [9.17, 15) is 14.7 Å². The number of nitrogens with zero attached hydrogens (tertiary/aromatic N) is 1. The quantitative estimate of drug-likeness (QED) is 0.788. The van der Waals surface area contributed by atoms with E-state index in [4.69, 9.17) is 4.74 Å². The Morgan fingerprint density at radius 1 is 1.04 bits per heavy atom. The summed E-state index contributed by atoms with van der Waals surface area (Å²) >= 11 is 0. The first kappa shape index (κ1) is 19.5. The number of aliphatic carboxylic acids is 1. The topological polar surface area (TPSA) is 66.8 Å². The zero-order valence-electron chi connectivity index (χ0n) is 15.4. The van der Waals surface area contributed by atoms with Crippen LogP contribution in [0.4, 0.5) is 0 Å². The minimum absolute atomic E-state index is 0.120. The Labute approximate surface area is 154 Å². The number of carbonyl (C=O) groups is 2. The number of para-hydroxylation sites is 1. The summed E-state index contributed by atoms with van der Waals surface area (Å²) in [5.41, 5.74) is 2.88. The molecule has 5 heteroatoms. The second kappa shape index (κ2) is 9.04. The van der Waals surface area contributed by atoms with Gasteiger partial charge in [-0.1, -0.05) is 55.5 Å². The molecule has 2 aromatic rings. The lowest BCUT2D eigenvalue weighted by atomic mass is 10.1. The van der Waals surface area contributed by atoms with Gasteiger partial charge in [-0.2, -0.15) is 0 Å². The highest BCUT2D eigenvalue weighted by molar-refractivity contribution is 5.79. The molecule has 2 rings (SSSR count). The molecular weight excluding hydrogens is 330 g/mol. The van der Waals surface area contributed by atoms with Crippen LogP contribution in [0.1, 0.15) is 23.6 Å². The number of carbonyl (C=O) groups excluding carboxylic acids is 1. The second-order valence-corrected chi connectivity index (χ2v) is 6.51. The number of carboxylic acids is 1. The number of aryl methyl sites for hydroxylation is 2. The smallest absolute Gasteiger partial charge is 0.308 e. The maximum atomic E-state index is 12.7. The van der Waals surface area contributed by atoms with Crippen molar-refractivity contribution >= 4 is 11.9 Å². The first-order valence-electron chi connectivity index (χ1n) is 8.62. The summed E-state index contributed by atoms with van der Waals surface area (Å²) in [5, 5.41) is 9.19. The average molecular weight is 355 g/mol. The van der Waals surface area contributed by atoms with Gasteiger partial charge in [0.05, 0.1) is 5.92 Å². The number of ether oxygens (including phenoxy) is 1. The van der Waals surface area contributed by atoms with E-state index < -0.39 is 11.9 Å². The van der Waals surface area contributed by atoms with Crippen LogP contribution in [-0.2, 0) is 16.1 Å². The molecule has 0 radical (unpaired) electrons. The lowest BCUT2D eigenvalue weighted by Gasteiger charge is -2.25. The van der Waals surface area contributed by atoms with E-state index in [0.29, 0.717) is 12.3 Å². The van der Waals surface area contributed by atoms with Crippen LogP contribution in [0.15, 0.2) is 48.5 Å². The summed E-state index contributed by atoms with van der Waals surface area (Å²) in [7, 11) is 0. The third kappa shape index (κ3) is 5.34. The Bertz CT molecular complexity index is 738. The Morgan fingerprint density at radius 3 is 2.23 bits per heavy atom. The molecule has 0 aromatic heterocycles. The summed E-state index contributed by atoms with van der Waals surface area (Å²) in [6, 6.07) is 15.3. The summed E-state index contributed by atoms with van der Waals surface area (Å²) in [5.74, 6) is -1.11. The van der Waals surface area contributed by atoms with E-state index in [2.05, 4.69) is 0 Å². The Hall–Kier alpha value is -2.82. The zero-order valence-corrected chi connectivity index (χ0v) is 15.4. The lowest BCUT2D eigenvalue weighted by Crippen LogP contribution is -2.39. The summed E-state index contributed by atoms with van der Waals surface area (Å²) in [4.78, 5) is 25.5. The van der Waals surface area contributed by atoms with Gasteiger partial charge in [-0.15, -0.1) is 0 Å². The van der Waals surface area contributed by atoms with Gasteiger partial charge in [0.2, 0.25) is 0 Å². The molecule has 0 spiro atoms. The van der Waals surface area contributed by atoms with E-state index in [1.54, 1.807) is 11.8 Å². The molecule has 1 N–H and O–H groups in total. The van der Waals surface area contributed by atoms with Crippen molar-refractivity contribution in [3.63, 3.8) is 0 Å². The van der Waals surface area contributed by atoms with Crippen molar-refractivity contribution in [2.24, 2.45) is 5.92 Å².